The van der Waals surface area contributed by atoms with Crippen molar-refractivity contribution in [1.82, 2.24) is 5.32 Å². The molecule has 0 aliphatic carbocycles. The number of urea groups is 1. The Morgan fingerprint density at radius 2 is 2.00 bits per heavy atom. The third kappa shape index (κ3) is 5.31. The molecule has 0 saturated heterocycles. The van der Waals surface area contributed by atoms with E-state index in [2.05, 4.69) is 10.6 Å². The third-order valence-corrected chi connectivity index (χ3v) is 4.99. The molecule has 1 aromatic rings. The molecular formula is C22H30N2O6. The van der Waals surface area contributed by atoms with E-state index in [0.717, 1.165) is 17.6 Å². The quantitative estimate of drug-likeness (QED) is 0.469. The van der Waals surface area contributed by atoms with Crippen LogP contribution < -0.4 is 15.4 Å². The fraction of sp³-hybridized carbons (Fsp3) is 0.500. The van der Waals surface area contributed by atoms with E-state index in [1.165, 1.54) is 7.05 Å². The molecule has 1 aliphatic rings. The van der Waals surface area contributed by atoms with Gasteiger partial charge in [-0.15, -0.1) is 0 Å². The van der Waals surface area contributed by atoms with Crippen LogP contribution in [0.2, 0.25) is 0 Å². The van der Waals surface area contributed by atoms with Gasteiger partial charge in [-0.3, -0.25) is 4.79 Å². The number of ether oxygens (including phenoxy) is 3. The van der Waals surface area contributed by atoms with Crippen molar-refractivity contribution in [2.75, 3.05) is 26.1 Å². The summed E-state index contributed by atoms with van der Waals surface area (Å²) >= 11 is 0. The van der Waals surface area contributed by atoms with Gasteiger partial charge >= 0.3 is 18.0 Å². The molecule has 2 amide bonds. The molecule has 0 atom stereocenters. The van der Waals surface area contributed by atoms with E-state index in [1.807, 2.05) is 26.8 Å². The number of nitrogens with one attached hydrogen (secondary N) is 2. The highest BCUT2D eigenvalue weighted by atomic mass is 16.5. The van der Waals surface area contributed by atoms with Gasteiger partial charge in [-0.05, 0) is 38.7 Å². The van der Waals surface area contributed by atoms with Crippen molar-refractivity contribution in [2.45, 2.75) is 53.1 Å². The zero-order valence-electron chi connectivity index (χ0n) is 18.3. The molecule has 0 saturated carbocycles. The maximum atomic E-state index is 12.4. The van der Waals surface area contributed by atoms with Crippen molar-refractivity contribution >= 4 is 23.7 Å². The van der Waals surface area contributed by atoms with Gasteiger partial charge in [-0.1, -0.05) is 18.6 Å². The van der Waals surface area contributed by atoms with Crippen LogP contribution >= 0.6 is 0 Å². The number of methoxy groups -OCH3 is 1. The van der Waals surface area contributed by atoms with Crippen LogP contribution in [0.1, 0.15) is 60.2 Å². The first-order chi connectivity index (χ1) is 14.3. The summed E-state index contributed by atoms with van der Waals surface area (Å²) < 4.78 is 15.9. The van der Waals surface area contributed by atoms with Gasteiger partial charge < -0.3 is 24.8 Å². The Kier molecular flexibility index (Phi) is 8.26. The van der Waals surface area contributed by atoms with Crippen LogP contribution in [0.3, 0.4) is 0 Å². The maximum absolute atomic E-state index is 12.4. The summed E-state index contributed by atoms with van der Waals surface area (Å²) in [4.78, 5) is 36.1. The van der Waals surface area contributed by atoms with Gasteiger partial charge in [-0.25, -0.2) is 9.59 Å². The monoisotopic (exact) mass is 418 g/mol. The van der Waals surface area contributed by atoms with E-state index >= 15 is 0 Å². The standard InChI is InChI=1S/C22H30N2O6/c1-6-11-29-17(25)10-8-13(2)7-9-15-19(24-22(27)23-4)18-16(12-30-21(18)26)14(3)20(15)28-5/h7H,6,8-12H2,1-5H3,(H2,23,24,27). The van der Waals surface area contributed by atoms with E-state index in [4.69, 9.17) is 14.2 Å². The highest BCUT2D eigenvalue weighted by Gasteiger charge is 2.32. The zero-order chi connectivity index (χ0) is 22.3. The lowest BCUT2D eigenvalue weighted by atomic mass is 9.93. The Morgan fingerprint density at radius 3 is 2.63 bits per heavy atom. The van der Waals surface area contributed by atoms with Crippen LogP contribution in [-0.4, -0.2) is 38.7 Å². The predicted molar refractivity (Wildman–Crippen MR) is 113 cm³/mol. The number of benzene rings is 1. The van der Waals surface area contributed by atoms with Crippen LogP contribution in [0.25, 0.3) is 0 Å². The molecule has 0 aromatic heterocycles. The fourth-order valence-electron chi connectivity index (χ4n) is 3.33. The van der Waals surface area contributed by atoms with Crippen LogP contribution in [0, 0.1) is 6.92 Å². The number of hydrogen-bond donors (Lipinski definition) is 2. The molecule has 0 fully saturated rings. The molecule has 0 spiro atoms. The Labute approximate surface area is 176 Å². The van der Waals surface area contributed by atoms with Gasteiger partial charge in [0.25, 0.3) is 0 Å². The number of cyclic esters (lactones) is 1. The SMILES string of the molecule is CCCOC(=O)CCC(C)=CCc1c(NC(=O)NC)c2c(c(C)c1OC)COC2=O. The maximum Gasteiger partial charge on any atom is 0.341 e. The zero-order valence-corrected chi connectivity index (χ0v) is 18.3. The molecule has 0 radical (unpaired) electrons. The number of rotatable bonds is 9. The van der Waals surface area contributed by atoms with Gasteiger partial charge in [0.05, 0.1) is 25.0 Å². The lowest BCUT2D eigenvalue weighted by molar-refractivity contribution is -0.143. The number of allylic oxidation sites excluding steroid dienone is 2. The highest BCUT2D eigenvalue weighted by Crippen LogP contribution is 2.41. The molecule has 0 unspecified atom stereocenters. The predicted octanol–water partition coefficient (Wildman–Crippen LogP) is 3.65. The van der Waals surface area contributed by atoms with Crippen molar-refractivity contribution in [3.8, 4) is 5.75 Å². The van der Waals surface area contributed by atoms with Gasteiger partial charge in [0, 0.05) is 24.6 Å². The normalized spacial score (nSPS) is 12.8. The number of esters is 2. The molecule has 0 bridgehead atoms. The fourth-order valence-corrected chi connectivity index (χ4v) is 3.33. The summed E-state index contributed by atoms with van der Waals surface area (Å²) in [6, 6.07) is -0.441. The first-order valence-electron chi connectivity index (χ1n) is 10.0. The number of hydrogen-bond acceptors (Lipinski definition) is 6. The molecule has 30 heavy (non-hydrogen) atoms. The number of carbonyl (C=O) groups excluding carboxylic acids is 3. The van der Waals surface area contributed by atoms with Gasteiger partial charge in [-0.2, -0.15) is 0 Å². The summed E-state index contributed by atoms with van der Waals surface area (Å²) in [6.07, 6.45) is 4.04. The molecule has 1 heterocycles. The summed E-state index contributed by atoms with van der Waals surface area (Å²) in [5.74, 6) is -0.0899. The average Bonchev–Trinajstić information content (AvgIpc) is 3.12. The third-order valence-electron chi connectivity index (χ3n) is 4.99. The molecule has 8 nitrogen and oxygen atoms in total. The van der Waals surface area contributed by atoms with Crippen molar-refractivity contribution in [2.24, 2.45) is 0 Å². The van der Waals surface area contributed by atoms with E-state index in [0.29, 0.717) is 54.0 Å². The highest BCUT2D eigenvalue weighted by molar-refractivity contribution is 6.05. The molecule has 1 aliphatic heterocycles. The van der Waals surface area contributed by atoms with Crippen molar-refractivity contribution in [3.05, 3.63) is 33.9 Å². The number of amides is 2. The Bertz CT molecular complexity index is 860. The van der Waals surface area contributed by atoms with Crippen LogP contribution in [0.4, 0.5) is 10.5 Å². The molecule has 2 N–H and O–H groups in total. The van der Waals surface area contributed by atoms with Crippen molar-refractivity contribution in [3.63, 3.8) is 0 Å². The molecular weight excluding hydrogens is 388 g/mol. The first-order valence-corrected chi connectivity index (χ1v) is 10.0. The van der Waals surface area contributed by atoms with Crippen molar-refractivity contribution < 1.29 is 28.6 Å². The number of fused-ring (bicyclic) bond motifs is 1. The minimum Gasteiger partial charge on any atom is -0.496 e. The smallest absolute Gasteiger partial charge is 0.341 e. The average molecular weight is 418 g/mol. The Morgan fingerprint density at radius 1 is 1.27 bits per heavy atom. The van der Waals surface area contributed by atoms with Crippen LogP contribution in [-0.2, 0) is 27.3 Å². The second kappa shape index (κ2) is 10.7. The Hall–Kier alpha value is -3.03. The second-order valence-corrected chi connectivity index (χ2v) is 7.12. The number of carbonyl (C=O) groups is 3. The summed E-state index contributed by atoms with van der Waals surface area (Å²) in [5, 5.41) is 5.26. The second-order valence-electron chi connectivity index (χ2n) is 7.12. The van der Waals surface area contributed by atoms with E-state index in [1.54, 1.807) is 7.11 Å². The molecule has 164 valence electrons. The first kappa shape index (κ1) is 23.3. The van der Waals surface area contributed by atoms with Gasteiger partial charge in [0.2, 0.25) is 0 Å². The van der Waals surface area contributed by atoms with Crippen LogP contribution in [0.5, 0.6) is 5.75 Å². The van der Waals surface area contributed by atoms with Crippen molar-refractivity contribution in [1.29, 1.82) is 0 Å². The van der Waals surface area contributed by atoms with E-state index in [9.17, 15) is 14.4 Å². The number of anilines is 1. The van der Waals surface area contributed by atoms with E-state index in [-0.39, 0.29) is 12.6 Å². The van der Waals surface area contributed by atoms with E-state index < -0.39 is 12.0 Å². The molecule has 1 aromatic carbocycles. The summed E-state index contributed by atoms with van der Waals surface area (Å²) in [7, 11) is 3.06. The lowest BCUT2D eigenvalue weighted by Crippen LogP contribution is -2.26. The van der Waals surface area contributed by atoms with Gasteiger partial charge in [0.15, 0.2) is 0 Å². The topological polar surface area (TPSA) is 103 Å². The summed E-state index contributed by atoms with van der Waals surface area (Å²) in [6.45, 7) is 6.32. The molecule has 2 rings (SSSR count). The molecule has 8 heteroatoms. The lowest BCUT2D eigenvalue weighted by Gasteiger charge is -2.19. The summed E-state index contributed by atoms with van der Waals surface area (Å²) in [5.41, 5.74) is 3.96. The van der Waals surface area contributed by atoms with Gasteiger partial charge in [0.1, 0.15) is 12.4 Å². The minimum atomic E-state index is -0.470. The van der Waals surface area contributed by atoms with Crippen LogP contribution in [0.15, 0.2) is 11.6 Å². The largest absolute Gasteiger partial charge is 0.496 e. The Balaban J connectivity index is 2.34. The minimum absolute atomic E-state index is 0.147.